The van der Waals surface area contributed by atoms with Crippen LogP contribution in [0.5, 0.6) is 5.75 Å². The lowest BCUT2D eigenvalue weighted by Gasteiger charge is -2.29. The van der Waals surface area contributed by atoms with Crippen molar-refractivity contribution in [3.63, 3.8) is 0 Å². The third-order valence-corrected chi connectivity index (χ3v) is 7.78. The number of halogens is 1. The van der Waals surface area contributed by atoms with E-state index in [2.05, 4.69) is 44.2 Å². The van der Waals surface area contributed by atoms with Gasteiger partial charge in [-0.15, -0.1) is 0 Å². The van der Waals surface area contributed by atoms with E-state index in [0.717, 1.165) is 49.5 Å². The van der Waals surface area contributed by atoms with Crippen LogP contribution in [0.1, 0.15) is 106 Å². The molecule has 2 aliphatic rings. The lowest BCUT2D eigenvalue weighted by molar-refractivity contribution is 0.305. The van der Waals surface area contributed by atoms with E-state index in [0.29, 0.717) is 5.92 Å². The third-order valence-electron chi connectivity index (χ3n) is 7.78. The van der Waals surface area contributed by atoms with Gasteiger partial charge in [0.05, 0.1) is 6.61 Å². The number of fused-ring (bicyclic) bond motifs is 1. The van der Waals surface area contributed by atoms with Gasteiger partial charge in [0.25, 0.3) is 0 Å². The molecule has 0 radical (unpaired) electrons. The van der Waals surface area contributed by atoms with Gasteiger partial charge in [0.2, 0.25) is 0 Å². The summed E-state index contributed by atoms with van der Waals surface area (Å²) in [5.74, 6) is 2.72. The number of hydrogen-bond donors (Lipinski definition) is 0. The molecule has 1 fully saturated rings. The summed E-state index contributed by atoms with van der Waals surface area (Å²) in [5.41, 5.74) is 4.88. The average Bonchev–Trinajstić information content (AvgIpc) is 2.81. The molecule has 1 unspecified atom stereocenters. The van der Waals surface area contributed by atoms with Gasteiger partial charge in [0, 0.05) is 0 Å². The van der Waals surface area contributed by atoms with Gasteiger partial charge >= 0.3 is 0 Å². The molecule has 0 N–H and O–H groups in total. The molecule has 0 saturated heterocycles. The van der Waals surface area contributed by atoms with Crippen LogP contribution >= 0.6 is 0 Å². The van der Waals surface area contributed by atoms with Crippen molar-refractivity contribution in [2.45, 2.75) is 96.3 Å². The van der Waals surface area contributed by atoms with Crippen LogP contribution in [0.3, 0.4) is 0 Å². The zero-order valence-electron chi connectivity index (χ0n) is 19.5. The number of aryl methyl sites for hydroxylation is 1. The third kappa shape index (κ3) is 5.51. The molecule has 0 spiro atoms. The van der Waals surface area contributed by atoms with E-state index in [4.69, 9.17) is 4.74 Å². The van der Waals surface area contributed by atoms with Crippen LogP contribution in [0.2, 0.25) is 0 Å². The van der Waals surface area contributed by atoms with Crippen molar-refractivity contribution in [2.24, 2.45) is 5.92 Å². The maximum atomic E-state index is 15.2. The quantitative estimate of drug-likeness (QED) is 0.388. The van der Waals surface area contributed by atoms with Crippen molar-refractivity contribution in [1.29, 1.82) is 0 Å². The first kappa shape index (κ1) is 22.4. The van der Waals surface area contributed by atoms with Gasteiger partial charge in [0.15, 0.2) is 0 Å². The second kappa shape index (κ2) is 10.7. The number of benzene rings is 2. The van der Waals surface area contributed by atoms with Crippen LogP contribution in [-0.4, -0.2) is 6.61 Å². The predicted octanol–water partition coefficient (Wildman–Crippen LogP) is 8.35. The topological polar surface area (TPSA) is 9.23 Å². The SMILES string of the molecule is CCCCCOc1ccc2c(c1)CCC(c1ccc(C3CCC(CC)CC3)cc1F)C2. The summed E-state index contributed by atoms with van der Waals surface area (Å²) < 4.78 is 21.1. The van der Waals surface area contributed by atoms with Crippen LogP contribution in [0.15, 0.2) is 36.4 Å². The highest BCUT2D eigenvalue weighted by atomic mass is 19.1. The summed E-state index contributed by atoms with van der Waals surface area (Å²) in [6.07, 6.45) is 12.8. The van der Waals surface area contributed by atoms with Crippen LogP contribution in [0, 0.1) is 11.7 Å². The fourth-order valence-corrected chi connectivity index (χ4v) is 5.66. The Morgan fingerprint density at radius 2 is 1.71 bits per heavy atom. The van der Waals surface area contributed by atoms with Crippen LogP contribution in [0.4, 0.5) is 4.39 Å². The van der Waals surface area contributed by atoms with Crippen molar-refractivity contribution < 1.29 is 9.13 Å². The van der Waals surface area contributed by atoms with Crippen LogP contribution in [-0.2, 0) is 12.8 Å². The summed E-state index contributed by atoms with van der Waals surface area (Å²) in [7, 11) is 0. The molecule has 31 heavy (non-hydrogen) atoms. The molecule has 2 aliphatic carbocycles. The Labute approximate surface area is 188 Å². The Balaban J connectivity index is 1.39. The molecule has 2 aromatic rings. The summed E-state index contributed by atoms with van der Waals surface area (Å²) >= 11 is 0. The first-order chi connectivity index (χ1) is 15.2. The Bertz CT molecular complexity index is 850. The van der Waals surface area contributed by atoms with E-state index in [9.17, 15) is 0 Å². The molecule has 168 valence electrons. The summed E-state index contributed by atoms with van der Waals surface area (Å²) in [6, 6.07) is 12.7. The predicted molar refractivity (Wildman–Crippen MR) is 128 cm³/mol. The standard InChI is InChI=1S/C29H39FO/c1-3-5-6-17-31-27-15-13-23-18-26(12-11-24(23)19-27)28-16-14-25(20-29(28)30)22-9-7-21(4-2)8-10-22/h13-16,19-22,26H,3-12,17-18H2,1-2H3. The summed E-state index contributed by atoms with van der Waals surface area (Å²) in [4.78, 5) is 0. The summed E-state index contributed by atoms with van der Waals surface area (Å²) in [6.45, 7) is 5.30. The molecule has 0 bridgehead atoms. The number of unbranched alkanes of at least 4 members (excludes halogenated alkanes) is 2. The molecule has 2 heteroatoms. The normalized spacial score (nSPS) is 23.4. The fourth-order valence-electron chi connectivity index (χ4n) is 5.66. The fraction of sp³-hybridized carbons (Fsp3) is 0.586. The molecule has 0 amide bonds. The van der Waals surface area contributed by atoms with E-state index >= 15 is 4.39 Å². The van der Waals surface area contributed by atoms with Gasteiger partial charge in [0.1, 0.15) is 11.6 Å². The first-order valence-corrected chi connectivity index (χ1v) is 12.7. The Morgan fingerprint density at radius 3 is 2.45 bits per heavy atom. The van der Waals surface area contributed by atoms with Crippen molar-refractivity contribution in [3.05, 3.63) is 64.5 Å². The molecule has 1 atom stereocenters. The lowest BCUT2D eigenvalue weighted by atomic mass is 9.76. The number of rotatable bonds is 8. The maximum Gasteiger partial charge on any atom is 0.126 e. The van der Waals surface area contributed by atoms with Gasteiger partial charge in [-0.05, 0) is 110 Å². The first-order valence-electron chi connectivity index (χ1n) is 12.7. The van der Waals surface area contributed by atoms with E-state index in [1.54, 1.807) is 0 Å². The number of ether oxygens (including phenoxy) is 1. The van der Waals surface area contributed by atoms with Gasteiger partial charge in [-0.1, -0.05) is 51.3 Å². The molecule has 0 heterocycles. The van der Waals surface area contributed by atoms with Gasteiger partial charge in [-0.3, -0.25) is 0 Å². The van der Waals surface area contributed by atoms with Crippen LogP contribution in [0.25, 0.3) is 0 Å². The monoisotopic (exact) mass is 422 g/mol. The second-order valence-electron chi connectivity index (χ2n) is 9.83. The number of hydrogen-bond acceptors (Lipinski definition) is 1. The van der Waals surface area contributed by atoms with Crippen molar-refractivity contribution >= 4 is 0 Å². The summed E-state index contributed by atoms with van der Waals surface area (Å²) in [5, 5.41) is 0. The van der Waals surface area contributed by atoms with Crippen LogP contribution < -0.4 is 4.74 Å². The molecular weight excluding hydrogens is 383 g/mol. The van der Waals surface area contributed by atoms with Gasteiger partial charge < -0.3 is 4.74 Å². The zero-order chi connectivity index (χ0) is 21.6. The molecule has 1 saturated carbocycles. The van der Waals surface area contributed by atoms with Crippen molar-refractivity contribution in [1.82, 2.24) is 0 Å². The zero-order valence-corrected chi connectivity index (χ0v) is 19.5. The van der Waals surface area contributed by atoms with Crippen molar-refractivity contribution in [2.75, 3.05) is 6.61 Å². The second-order valence-corrected chi connectivity index (χ2v) is 9.83. The van der Waals surface area contributed by atoms with E-state index in [1.165, 1.54) is 61.6 Å². The van der Waals surface area contributed by atoms with E-state index < -0.39 is 0 Å². The molecule has 1 nitrogen and oxygen atoms in total. The van der Waals surface area contributed by atoms with Gasteiger partial charge in [-0.25, -0.2) is 4.39 Å². The van der Waals surface area contributed by atoms with Gasteiger partial charge in [-0.2, -0.15) is 0 Å². The molecule has 2 aromatic carbocycles. The molecule has 0 aliphatic heterocycles. The Morgan fingerprint density at radius 1 is 0.871 bits per heavy atom. The minimum Gasteiger partial charge on any atom is -0.494 e. The maximum absolute atomic E-state index is 15.2. The van der Waals surface area contributed by atoms with E-state index in [1.807, 2.05) is 6.07 Å². The molecular formula is C29H39FO. The highest BCUT2D eigenvalue weighted by molar-refractivity contribution is 5.40. The minimum absolute atomic E-state index is 0.0134. The minimum atomic E-state index is 0.0134. The molecule has 0 aromatic heterocycles. The lowest BCUT2D eigenvalue weighted by Crippen LogP contribution is -2.15. The Hall–Kier alpha value is -1.83. The smallest absolute Gasteiger partial charge is 0.126 e. The average molecular weight is 423 g/mol. The molecule has 4 rings (SSSR count). The highest BCUT2D eigenvalue weighted by Crippen LogP contribution is 2.39. The largest absolute Gasteiger partial charge is 0.494 e. The Kier molecular flexibility index (Phi) is 7.69. The highest BCUT2D eigenvalue weighted by Gasteiger charge is 2.25. The van der Waals surface area contributed by atoms with Crippen molar-refractivity contribution in [3.8, 4) is 5.75 Å². The van der Waals surface area contributed by atoms with E-state index in [-0.39, 0.29) is 11.7 Å².